The number of nitrogens with zero attached hydrogens (tertiary/aromatic N) is 5. The van der Waals surface area contributed by atoms with Gasteiger partial charge >= 0.3 is 6.09 Å². The number of para-hydroxylation sites is 1. The van der Waals surface area contributed by atoms with E-state index in [1.807, 2.05) is 25.1 Å². The molecule has 2 N–H and O–H groups in total. The van der Waals surface area contributed by atoms with Crippen molar-refractivity contribution in [1.82, 2.24) is 19.9 Å². The van der Waals surface area contributed by atoms with E-state index in [0.29, 0.717) is 46.8 Å². The van der Waals surface area contributed by atoms with Crippen LogP contribution in [0.1, 0.15) is 18.4 Å². The number of hydrogen-bond donors (Lipinski definition) is 2. The molecule has 5 aromatic rings. The molecular weight excluding hydrogens is 611 g/mol. The first-order valence-corrected chi connectivity index (χ1v) is 16.4. The Kier molecular flexibility index (Phi) is 8.41. The van der Waals surface area contributed by atoms with E-state index in [1.54, 1.807) is 48.8 Å². The number of piperidine rings is 1. The summed E-state index contributed by atoms with van der Waals surface area (Å²) >= 11 is 0. The summed E-state index contributed by atoms with van der Waals surface area (Å²) in [5.74, 6) is 0.388. The zero-order valence-corrected chi connectivity index (χ0v) is 25.9. The molecule has 13 heteroatoms. The predicted molar refractivity (Wildman–Crippen MR) is 174 cm³/mol. The van der Waals surface area contributed by atoms with E-state index in [2.05, 4.69) is 20.3 Å². The number of aryl methyl sites for hydroxylation is 1. The van der Waals surface area contributed by atoms with Gasteiger partial charge in [0.2, 0.25) is 21.9 Å². The molecule has 11 nitrogen and oxygen atoms in total. The van der Waals surface area contributed by atoms with Crippen LogP contribution in [-0.2, 0) is 10.0 Å². The number of likely N-dealkylation sites (tertiary alicyclic amines) is 1. The molecule has 1 amide bonds. The lowest BCUT2D eigenvalue weighted by atomic mass is 10.0. The number of nitrogens with one attached hydrogen (secondary N) is 1. The van der Waals surface area contributed by atoms with Gasteiger partial charge in [-0.3, -0.25) is 0 Å². The van der Waals surface area contributed by atoms with Crippen molar-refractivity contribution in [1.29, 1.82) is 0 Å². The van der Waals surface area contributed by atoms with E-state index in [9.17, 15) is 22.7 Å². The standard InChI is InChI=1S/C33H31FN6O5S/c1-21-14-15-23-24(9-5-13-28(23)40(46(2,43)44)29-12-4-3-11-26(29)34)30(21)45-31-25(10-6-17-35-31)27-16-18-36-32(38-27)37-22-8-7-19-39(20-22)33(41)42/h3-6,9-18,22H,7-8,19-20H2,1-2H3,(H,41,42)(H,36,37,38). The second-order valence-electron chi connectivity index (χ2n) is 11.0. The Morgan fingerprint density at radius 3 is 2.59 bits per heavy atom. The number of aromatic nitrogens is 3. The van der Waals surface area contributed by atoms with Crippen molar-refractivity contribution in [2.75, 3.05) is 29.0 Å². The summed E-state index contributed by atoms with van der Waals surface area (Å²) < 4.78 is 48.5. The van der Waals surface area contributed by atoms with Crippen molar-refractivity contribution in [2.24, 2.45) is 0 Å². The van der Waals surface area contributed by atoms with Gasteiger partial charge < -0.3 is 20.1 Å². The van der Waals surface area contributed by atoms with E-state index in [-0.39, 0.29) is 23.3 Å². The first kappa shape index (κ1) is 30.7. The summed E-state index contributed by atoms with van der Waals surface area (Å²) in [6.45, 7) is 2.70. The van der Waals surface area contributed by atoms with Crippen LogP contribution in [0.3, 0.4) is 0 Å². The summed E-state index contributed by atoms with van der Waals surface area (Å²) in [6.07, 6.45) is 4.80. The molecule has 3 aromatic carbocycles. The third-order valence-electron chi connectivity index (χ3n) is 7.73. The van der Waals surface area contributed by atoms with Gasteiger partial charge in [-0.05, 0) is 61.7 Å². The van der Waals surface area contributed by atoms with E-state index in [0.717, 1.165) is 29.0 Å². The molecule has 236 valence electrons. The molecule has 0 saturated carbocycles. The molecule has 1 fully saturated rings. The van der Waals surface area contributed by atoms with Crippen molar-refractivity contribution >= 4 is 44.2 Å². The fraction of sp³-hybridized carbons (Fsp3) is 0.212. The van der Waals surface area contributed by atoms with Gasteiger partial charge in [-0.2, -0.15) is 0 Å². The molecule has 1 aliphatic rings. The van der Waals surface area contributed by atoms with Crippen LogP contribution in [0.2, 0.25) is 0 Å². The first-order chi connectivity index (χ1) is 22.1. The van der Waals surface area contributed by atoms with Crippen LogP contribution in [0.15, 0.2) is 85.2 Å². The van der Waals surface area contributed by atoms with Crippen LogP contribution in [0.25, 0.3) is 22.0 Å². The maximum Gasteiger partial charge on any atom is 0.407 e. The minimum Gasteiger partial charge on any atom is -0.465 e. The van der Waals surface area contributed by atoms with E-state index >= 15 is 0 Å². The Balaban J connectivity index is 1.37. The molecule has 46 heavy (non-hydrogen) atoms. The van der Waals surface area contributed by atoms with Crippen molar-refractivity contribution in [3.05, 3.63) is 96.6 Å². The number of hydrogen-bond acceptors (Lipinski definition) is 8. The van der Waals surface area contributed by atoms with E-state index in [4.69, 9.17) is 4.74 Å². The normalized spacial score (nSPS) is 15.0. The molecular formula is C33H31FN6O5S. The zero-order chi connectivity index (χ0) is 32.4. The summed E-state index contributed by atoms with van der Waals surface area (Å²) in [7, 11) is -3.94. The molecule has 0 bridgehead atoms. The Morgan fingerprint density at radius 2 is 1.80 bits per heavy atom. The minimum absolute atomic E-state index is 0.0929. The van der Waals surface area contributed by atoms with Crippen LogP contribution in [0, 0.1) is 12.7 Å². The van der Waals surface area contributed by atoms with Gasteiger partial charge in [0.25, 0.3) is 0 Å². The van der Waals surface area contributed by atoms with E-state index in [1.165, 1.54) is 23.1 Å². The molecule has 0 aliphatic carbocycles. The van der Waals surface area contributed by atoms with Crippen LogP contribution in [0.4, 0.5) is 26.5 Å². The van der Waals surface area contributed by atoms with Gasteiger partial charge in [0.05, 0.1) is 28.9 Å². The number of amides is 1. The number of carboxylic acid groups (broad SMARTS) is 1. The Bertz CT molecular complexity index is 2040. The zero-order valence-electron chi connectivity index (χ0n) is 25.1. The molecule has 0 spiro atoms. The average Bonchev–Trinajstić information content (AvgIpc) is 3.03. The molecule has 1 saturated heterocycles. The molecule has 1 unspecified atom stereocenters. The molecule has 0 radical (unpaired) electrons. The number of ether oxygens (including phenoxy) is 1. The topological polar surface area (TPSA) is 138 Å². The number of benzene rings is 3. The second-order valence-corrected chi connectivity index (χ2v) is 12.8. The van der Waals surface area contributed by atoms with Gasteiger partial charge in [0.1, 0.15) is 11.6 Å². The SMILES string of the molecule is Cc1ccc2c(N(c3ccccc3F)S(C)(=O)=O)cccc2c1Oc1ncccc1-c1ccnc(NC2CCCN(C(=O)O)C2)n1. The Morgan fingerprint density at radius 1 is 1.00 bits per heavy atom. The lowest BCUT2D eigenvalue weighted by molar-refractivity contribution is 0.132. The fourth-order valence-corrected chi connectivity index (χ4v) is 6.65. The highest BCUT2D eigenvalue weighted by atomic mass is 32.2. The third-order valence-corrected chi connectivity index (χ3v) is 8.79. The van der Waals surface area contributed by atoms with Gasteiger partial charge in [-0.1, -0.05) is 36.4 Å². The minimum atomic E-state index is -3.94. The maximum atomic E-state index is 14.9. The lowest BCUT2D eigenvalue weighted by Gasteiger charge is -2.31. The van der Waals surface area contributed by atoms with Crippen LogP contribution in [0.5, 0.6) is 11.6 Å². The van der Waals surface area contributed by atoms with Crippen molar-refractivity contribution in [3.63, 3.8) is 0 Å². The summed E-state index contributed by atoms with van der Waals surface area (Å²) in [5.41, 5.74) is 2.06. The molecule has 1 atom stereocenters. The quantitative estimate of drug-likeness (QED) is 0.192. The third kappa shape index (κ3) is 6.26. The number of sulfonamides is 1. The van der Waals surface area contributed by atoms with Gasteiger partial charge in [0.15, 0.2) is 0 Å². The summed E-state index contributed by atoms with van der Waals surface area (Å²) in [4.78, 5) is 26.4. The number of rotatable bonds is 8. The van der Waals surface area contributed by atoms with Crippen molar-refractivity contribution in [3.8, 4) is 22.9 Å². The maximum absolute atomic E-state index is 14.9. The van der Waals surface area contributed by atoms with Crippen LogP contribution in [-0.4, -0.2) is 64.9 Å². The van der Waals surface area contributed by atoms with Gasteiger partial charge in [-0.15, -0.1) is 0 Å². The second kappa shape index (κ2) is 12.6. The number of halogens is 1. The predicted octanol–water partition coefficient (Wildman–Crippen LogP) is 6.58. The molecule has 2 aromatic heterocycles. The summed E-state index contributed by atoms with van der Waals surface area (Å²) in [6, 6.07) is 19.6. The number of pyridine rings is 1. The summed E-state index contributed by atoms with van der Waals surface area (Å²) in [5, 5.41) is 13.8. The highest BCUT2D eigenvalue weighted by molar-refractivity contribution is 7.92. The van der Waals surface area contributed by atoms with Crippen LogP contribution < -0.4 is 14.4 Å². The van der Waals surface area contributed by atoms with E-state index < -0.39 is 21.9 Å². The Labute approximate surface area is 265 Å². The number of anilines is 3. The lowest BCUT2D eigenvalue weighted by Crippen LogP contribution is -2.44. The largest absolute Gasteiger partial charge is 0.465 e. The molecule has 1 aliphatic heterocycles. The highest BCUT2D eigenvalue weighted by Crippen LogP contribution is 2.42. The first-order valence-electron chi connectivity index (χ1n) is 14.6. The van der Waals surface area contributed by atoms with Crippen molar-refractivity contribution < 1.29 is 27.4 Å². The molecule has 3 heterocycles. The smallest absolute Gasteiger partial charge is 0.407 e. The molecule has 6 rings (SSSR count). The number of carbonyl (C=O) groups is 1. The average molecular weight is 643 g/mol. The monoisotopic (exact) mass is 642 g/mol. The van der Waals surface area contributed by atoms with Gasteiger partial charge in [-0.25, -0.2) is 36.9 Å². The highest BCUT2D eigenvalue weighted by Gasteiger charge is 2.26. The Hall–Kier alpha value is -5.30. The fourth-order valence-electron chi connectivity index (χ4n) is 5.63. The van der Waals surface area contributed by atoms with Crippen LogP contribution >= 0.6 is 0 Å². The number of fused-ring (bicyclic) bond motifs is 1. The van der Waals surface area contributed by atoms with Gasteiger partial charge in [0, 0.05) is 42.3 Å². The van der Waals surface area contributed by atoms with Crippen molar-refractivity contribution in [2.45, 2.75) is 25.8 Å².